The Morgan fingerprint density at radius 1 is 1.07 bits per heavy atom. The molecule has 0 spiro atoms. The first-order valence-electron chi connectivity index (χ1n) is 11.0. The lowest BCUT2D eigenvalue weighted by Gasteiger charge is -2.38. The molecule has 4 nitrogen and oxygen atoms in total. The topological polar surface area (TPSA) is 54.1 Å². The highest BCUT2D eigenvalue weighted by atomic mass is 28.3. The number of carbonyl (C=O) groups is 1. The van der Waals surface area contributed by atoms with Crippen molar-refractivity contribution < 1.29 is 9.53 Å². The van der Waals surface area contributed by atoms with Crippen molar-refractivity contribution in [3.05, 3.63) is 36.0 Å². The molecule has 0 bridgehead atoms. The smallest absolute Gasteiger partial charge is 0.323 e. The molecule has 0 amide bonds. The molecule has 5 heteroatoms. The molecule has 2 aromatic rings. The fourth-order valence-corrected chi connectivity index (χ4v) is 10.2. The highest BCUT2D eigenvalue weighted by molar-refractivity contribution is 6.90. The van der Waals surface area contributed by atoms with Crippen LogP contribution in [0.5, 0.6) is 0 Å². The van der Waals surface area contributed by atoms with Crippen molar-refractivity contribution in [3.63, 3.8) is 0 Å². The lowest BCUT2D eigenvalue weighted by Crippen LogP contribution is -2.45. The van der Waals surface area contributed by atoms with Crippen LogP contribution >= 0.6 is 0 Å². The van der Waals surface area contributed by atoms with Gasteiger partial charge in [-0.05, 0) is 35.2 Å². The van der Waals surface area contributed by atoms with E-state index in [1.807, 2.05) is 31.3 Å². The second kappa shape index (κ2) is 10.3. The Labute approximate surface area is 183 Å². The molecule has 0 unspecified atom stereocenters. The van der Waals surface area contributed by atoms with Gasteiger partial charge in [0.15, 0.2) is 0 Å². The van der Waals surface area contributed by atoms with Crippen molar-refractivity contribution >= 4 is 24.9 Å². The van der Waals surface area contributed by atoms with Crippen LogP contribution < -0.4 is 5.32 Å². The molecule has 0 aliphatic rings. The van der Waals surface area contributed by atoms with Crippen molar-refractivity contribution in [3.8, 4) is 11.5 Å². The summed E-state index contributed by atoms with van der Waals surface area (Å²) in [4.78, 5) is 15.8. The van der Waals surface area contributed by atoms with Crippen molar-refractivity contribution in [2.45, 2.75) is 83.6 Å². The summed E-state index contributed by atoms with van der Waals surface area (Å²) in [7, 11) is -0.357. The summed E-state index contributed by atoms with van der Waals surface area (Å²) in [5.41, 5.74) is 7.68. The summed E-state index contributed by atoms with van der Waals surface area (Å²) in [5, 5.41) is 4.56. The Bertz CT molecular complexity index is 883. The van der Waals surface area contributed by atoms with E-state index in [1.54, 1.807) is 0 Å². The number of nitrogens with one attached hydrogen (secondary N) is 2. The Morgan fingerprint density at radius 2 is 1.67 bits per heavy atom. The van der Waals surface area contributed by atoms with E-state index in [0.29, 0.717) is 23.0 Å². The van der Waals surface area contributed by atoms with E-state index < -0.39 is 14.1 Å². The number of H-pyrrole nitrogens is 1. The number of fused-ring (bicyclic) bond motifs is 1. The van der Waals surface area contributed by atoms with Gasteiger partial charge in [-0.3, -0.25) is 10.1 Å². The van der Waals surface area contributed by atoms with Crippen LogP contribution in [0, 0.1) is 11.5 Å². The van der Waals surface area contributed by atoms with Gasteiger partial charge in [-0.15, -0.1) is 5.54 Å². The molecule has 0 saturated heterocycles. The minimum Gasteiger partial charge on any atom is -0.468 e. The number of ether oxygens (including phenoxy) is 1. The van der Waals surface area contributed by atoms with Crippen LogP contribution in [0.2, 0.25) is 16.6 Å². The standard InChI is InChI=1S/C25H38N2O2Si/c1-17(2)30(18(3)4,19(5)6)14-13-20(7)27-24(25(28)29-8)15-21-16-26-23-12-10-9-11-22(21)23/h9-12,16-20,24,26-27H,15H2,1-8H3/t20-,24+/m0/s1. The first-order valence-corrected chi connectivity index (χ1v) is 13.3. The largest absolute Gasteiger partial charge is 0.468 e. The number of benzene rings is 1. The van der Waals surface area contributed by atoms with Gasteiger partial charge >= 0.3 is 5.97 Å². The van der Waals surface area contributed by atoms with Gasteiger partial charge in [0.05, 0.1) is 13.2 Å². The molecule has 1 aromatic heterocycles. The van der Waals surface area contributed by atoms with Crippen LogP contribution in [0.25, 0.3) is 10.9 Å². The van der Waals surface area contributed by atoms with E-state index in [9.17, 15) is 4.79 Å². The number of hydrogen-bond donors (Lipinski definition) is 2. The van der Waals surface area contributed by atoms with E-state index in [4.69, 9.17) is 4.74 Å². The number of carbonyl (C=O) groups excluding carboxylic acids is 1. The van der Waals surface area contributed by atoms with Crippen LogP contribution in [-0.4, -0.2) is 38.2 Å². The SMILES string of the molecule is COC(=O)[C@@H](Cc1c[nH]c2ccccc12)N[C@@H](C)C#C[Si](C(C)C)(C(C)C)C(C)C. The van der Waals surface area contributed by atoms with E-state index in [0.717, 1.165) is 16.5 Å². The predicted octanol–water partition coefficient (Wildman–Crippen LogP) is 5.45. The fraction of sp³-hybridized carbons (Fsp3) is 0.560. The normalized spacial score (nSPS) is 14.1. The van der Waals surface area contributed by atoms with Gasteiger partial charge in [0.25, 0.3) is 0 Å². The average Bonchev–Trinajstić information content (AvgIpc) is 3.09. The van der Waals surface area contributed by atoms with Gasteiger partial charge in [0.2, 0.25) is 0 Å². The summed E-state index contributed by atoms with van der Waals surface area (Å²) >= 11 is 0. The highest BCUT2D eigenvalue weighted by Gasteiger charge is 2.41. The molecule has 1 aromatic carbocycles. The number of aromatic nitrogens is 1. The summed E-state index contributed by atoms with van der Waals surface area (Å²) in [5.74, 6) is 3.22. The Morgan fingerprint density at radius 3 is 2.23 bits per heavy atom. The monoisotopic (exact) mass is 426 g/mol. The van der Waals surface area contributed by atoms with Gasteiger partial charge in [-0.1, -0.05) is 65.7 Å². The number of hydrogen-bond acceptors (Lipinski definition) is 3. The van der Waals surface area contributed by atoms with Crippen molar-refractivity contribution in [1.82, 2.24) is 10.3 Å². The lowest BCUT2D eigenvalue weighted by atomic mass is 10.0. The molecule has 0 fully saturated rings. The third kappa shape index (κ3) is 5.17. The molecule has 2 rings (SSSR count). The molecule has 2 N–H and O–H groups in total. The number of aromatic amines is 1. The predicted molar refractivity (Wildman–Crippen MR) is 129 cm³/mol. The molecule has 1 heterocycles. The second-order valence-electron chi connectivity index (χ2n) is 9.19. The molecular formula is C25H38N2O2Si. The summed E-state index contributed by atoms with van der Waals surface area (Å²) in [6.45, 7) is 15.9. The molecule has 0 saturated carbocycles. The lowest BCUT2D eigenvalue weighted by molar-refractivity contribution is -0.143. The number of rotatable bonds is 8. The van der Waals surface area contributed by atoms with Crippen LogP contribution in [0.1, 0.15) is 54.0 Å². The zero-order valence-corrected chi connectivity index (χ0v) is 20.8. The van der Waals surface area contributed by atoms with Crippen LogP contribution in [-0.2, 0) is 16.0 Å². The third-order valence-electron chi connectivity index (χ3n) is 6.41. The maximum atomic E-state index is 12.5. The van der Waals surface area contributed by atoms with Crippen molar-refractivity contribution in [1.29, 1.82) is 0 Å². The zero-order chi connectivity index (χ0) is 22.5. The number of para-hydroxylation sites is 1. The molecule has 0 radical (unpaired) electrons. The van der Waals surface area contributed by atoms with E-state index in [-0.39, 0.29) is 12.0 Å². The molecule has 164 valence electrons. The van der Waals surface area contributed by atoms with E-state index in [2.05, 4.69) is 69.4 Å². The van der Waals surface area contributed by atoms with E-state index in [1.165, 1.54) is 7.11 Å². The quantitative estimate of drug-likeness (QED) is 0.335. The maximum absolute atomic E-state index is 12.5. The molecule has 0 aliphatic carbocycles. The van der Waals surface area contributed by atoms with Crippen molar-refractivity contribution in [2.75, 3.05) is 7.11 Å². The zero-order valence-electron chi connectivity index (χ0n) is 19.8. The van der Waals surface area contributed by atoms with Gasteiger partial charge in [0, 0.05) is 23.5 Å². The summed E-state index contributed by atoms with van der Waals surface area (Å²) in [6.07, 6.45) is 2.54. The molecule has 0 aliphatic heterocycles. The second-order valence-corrected chi connectivity index (χ2v) is 14.8. The molecule has 2 atom stereocenters. The molecule has 30 heavy (non-hydrogen) atoms. The maximum Gasteiger partial charge on any atom is 0.323 e. The van der Waals surface area contributed by atoms with Gasteiger partial charge in [-0.25, -0.2) is 0 Å². The Balaban J connectivity index is 2.25. The van der Waals surface area contributed by atoms with Crippen LogP contribution in [0.15, 0.2) is 30.5 Å². The van der Waals surface area contributed by atoms with Crippen LogP contribution in [0.4, 0.5) is 0 Å². The van der Waals surface area contributed by atoms with Gasteiger partial charge < -0.3 is 9.72 Å². The number of methoxy groups -OCH3 is 1. The minimum absolute atomic E-state index is 0.0950. The number of esters is 1. The van der Waals surface area contributed by atoms with Gasteiger partial charge in [0.1, 0.15) is 14.1 Å². The Hall–Kier alpha value is -2.03. The van der Waals surface area contributed by atoms with Crippen molar-refractivity contribution in [2.24, 2.45) is 0 Å². The van der Waals surface area contributed by atoms with Gasteiger partial charge in [-0.2, -0.15) is 0 Å². The third-order valence-corrected chi connectivity index (χ3v) is 12.7. The fourth-order valence-electron chi connectivity index (χ4n) is 4.88. The summed E-state index contributed by atoms with van der Waals surface area (Å²) in [6, 6.07) is 7.61. The van der Waals surface area contributed by atoms with Crippen LogP contribution in [0.3, 0.4) is 0 Å². The average molecular weight is 427 g/mol. The van der Waals surface area contributed by atoms with E-state index >= 15 is 0 Å². The highest BCUT2D eigenvalue weighted by Crippen LogP contribution is 2.40. The first-order chi connectivity index (χ1) is 14.1. The minimum atomic E-state index is -1.80. The Kier molecular flexibility index (Phi) is 8.34. The first kappa shape index (κ1) is 24.2. The summed E-state index contributed by atoms with van der Waals surface area (Å²) < 4.78 is 5.08. The molecular weight excluding hydrogens is 388 g/mol.